The first-order chi connectivity index (χ1) is 15.3. The zero-order valence-electron chi connectivity index (χ0n) is 17.9. The molecule has 1 amide bonds. The second kappa shape index (κ2) is 10.5. The number of methoxy groups -OCH3 is 2. The first-order valence-corrected chi connectivity index (χ1v) is 12.0. The van der Waals surface area contributed by atoms with Crippen LogP contribution in [0.4, 0.5) is 4.39 Å². The molecule has 11 heteroatoms. The van der Waals surface area contributed by atoms with Crippen molar-refractivity contribution in [3.05, 3.63) is 58.6 Å². The largest absolute Gasteiger partial charge is 0.383 e. The lowest BCUT2D eigenvalue weighted by Gasteiger charge is -2.21. The molecule has 0 aliphatic heterocycles. The number of sulfonamides is 1. The van der Waals surface area contributed by atoms with Gasteiger partial charge in [-0.15, -0.1) is 0 Å². The summed E-state index contributed by atoms with van der Waals surface area (Å²) in [6.07, 6.45) is 0. The molecule has 0 atom stereocenters. The average molecular weight is 482 g/mol. The maximum absolute atomic E-state index is 14.1. The maximum Gasteiger partial charge on any atom is 0.279 e. The van der Waals surface area contributed by atoms with Crippen molar-refractivity contribution in [2.45, 2.75) is 4.90 Å². The third-order valence-electron chi connectivity index (χ3n) is 4.80. The molecule has 3 rings (SSSR count). The number of ether oxygens (including phenoxy) is 2. The summed E-state index contributed by atoms with van der Waals surface area (Å²) in [6, 6.07) is 10.3. The van der Waals surface area contributed by atoms with Crippen LogP contribution >= 0.6 is 11.3 Å². The summed E-state index contributed by atoms with van der Waals surface area (Å²) in [4.78, 5) is 17.1. The third kappa shape index (κ3) is 5.13. The first-order valence-electron chi connectivity index (χ1n) is 9.70. The summed E-state index contributed by atoms with van der Waals surface area (Å²) in [5, 5.41) is 0. The van der Waals surface area contributed by atoms with E-state index in [-0.39, 0.29) is 36.8 Å². The molecular formula is C21H24FN3O5S2. The highest BCUT2D eigenvalue weighted by Gasteiger charge is 2.24. The molecule has 3 aromatic rings. The van der Waals surface area contributed by atoms with Crippen molar-refractivity contribution in [1.29, 1.82) is 0 Å². The van der Waals surface area contributed by atoms with Gasteiger partial charge in [-0.05, 0) is 36.4 Å². The van der Waals surface area contributed by atoms with Gasteiger partial charge < -0.3 is 14.0 Å². The molecule has 0 fully saturated rings. The number of carbonyl (C=O) groups excluding carboxylic acids is 1. The van der Waals surface area contributed by atoms with Crippen LogP contribution in [0.2, 0.25) is 0 Å². The van der Waals surface area contributed by atoms with Crippen molar-refractivity contribution in [3.8, 4) is 0 Å². The van der Waals surface area contributed by atoms with Crippen LogP contribution in [0, 0.1) is 5.82 Å². The molecule has 172 valence electrons. The molecule has 0 unspecified atom stereocenters. The SMILES string of the molecule is COCCN(CCOC)S(=O)(=O)c1ccc(C(=O)N=c2sc3cccc(F)c3n2C)cc1. The van der Waals surface area contributed by atoms with Gasteiger partial charge in [0.2, 0.25) is 10.0 Å². The van der Waals surface area contributed by atoms with E-state index in [9.17, 15) is 17.6 Å². The number of carbonyl (C=O) groups is 1. The second-order valence-electron chi connectivity index (χ2n) is 6.86. The van der Waals surface area contributed by atoms with Crippen molar-refractivity contribution in [1.82, 2.24) is 8.87 Å². The molecule has 32 heavy (non-hydrogen) atoms. The summed E-state index contributed by atoms with van der Waals surface area (Å²) < 4.78 is 53.5. The lowest BCUT2D eigenvalue weighted by Crippen LogP contribution is -2.36. The summed E-state index contributed by atoms with van der Waals surface area (Å²) in [5.41, 5.74) is 0.597. The number of nitrogens with zero attached hydrogens (tertiary/aromatic N) is 3. The fourth-order valence-corrected chi connectivity index (χ4v) is 5.51. The molecule has 0 aliphatic carbocycles. The predicted molar refractivity (Wildman–Crippen MR) is 120 cm³/mol. The number of amides is 1. The molecule has 0 saturated carbocycles. The second-order valence-corrected chi connectivity index (χ2v) is 9.81. The van der Waals surface area contributed by atoms with Crippen molar-refractivity contribution in [2.75, 3.05) is 40.5 Å². The van der Waals surface area contributed by atoms with E-state index in [0.29, 0.717) is 15.0 Å². The molecule has 1 aromatic heterocycles. The Kier molecular flexibility index (Phi) is 7.91. The molecule has 0 radical (unpaired) electrons. The van der Waals surface area contributed by atoms with Gasteiger partial charge in [0, 0.05) is 39.9 Å². The van der Waals surface area contributed by atoms with E-state index in [1.807, 2.05) is 0 Å². The monoisotopic (exact) mass is 481 g/mol. The van der Waals surface area contributed by atoms with Gasteiger partial charge in [0.05, 0.1) is 28.3 Å². The van der Waals surface area contributed by atoms with Gasteiger partial charge in [0.1, 0.15) is 5.82 Å². The Bertz CT molecular complexity index is 1260. The van der Waals surface area contributed by atoms with E-state index in [4.69, 9.17) is 9.47 Å². The Balaban J connectivity index is 1.88. The summed E-state index contributed by atoms with van der Waals surface area (Å²) in [7, 11) is 0.841. The zero-order valence-corrected chi connectivity index (χ0v) is 19.6. The lowest BCUT2D eigenvalue weighted by molar-refractivity contribution is 0.0998. The molecule has 0 N–H and O–H groups in total. The summed E-state index contributed by atoms with van der Waals surface area (Å²) >= 11 is 1.20. The first kappa shape index (κ1) is 24.2. The van der Waals surface area contributed by atoms with E-state index in [2.05, 4.69) is 4.99 Å². The molecule has 8 nitrogen and oxygen atoms in total. The van der Waals surface area contributed by atoms with Crippen LogP contribution in [0.15, 0.2) is 52.4 Å². The minimum atomic E-state index is -3.79. The normalized spacial score (nSPS) is 12.7. The topological polar surface area (TPSA) is 90.2 Å². The van der Waals surface area contributed by atoms with E-state index >= 15 is 0 Å². The molecule has 2 aromatic carbocycles. The number of para-hydroxylation sites is 1. The third-order valence-corrected chi connectivity index (χ3v) is 7.81. The van der Waals surface area contributed by atoms with E-state index in [1.54, 1.807) is 19.2 Å². The number of rotatable bonds is 9. The summed E-state index contributed by atoms with van der Waals surface area (Å²) in [6.45, 7) is 0.838. The number of hydrogen-bond acceptors (Lipinski definition) is 6. The Morgan fingerprint density at radius 1 is 1.09 bits per heavy atom. The van der Waals surface area contributed by atoms with Crippen LogP contribution < -0.4 is 4.80 Å². The Hall–Kier alpha value is -2.44. The smallest absolute Gasteiger partial charge is 0.279 e. The zero-order chi connectivity index (χ0) is 23.3. The molecule has 0 spiro atoms. The van der Waals surface area contributed by atoms with Crippen LogP contribution in [-0.2, 0) is 26.5 Å². The van der Waals surface area contributed by atoms with Crippen molar-refractivity contribution < 1.29 is 27.1 Å². The van der Waals surface area contributed by atoms with Gasteiger partial charge in [-0.3, -0.25) is 4.79 Å². The lowest BCUT2D eigenvalue weighted by atomic mass is 10.2. The standard InChI is InChI=1S/C21H24FN3O5S2/c1-24-19-17(22)5-4-6-18(19)31-21(24)23-20(26)15-7-9-16(10-8-15)32(27,28)25(11-13-29-2)12-14-30-3/h4-10H,11-14H2,1-3H3. The quantitative estimate of drug-likeness (QED) is 0.468. The number of halogens is 1. The maximum atomic E-state index is 14.1. The fraction of sp³-hybridized carbons (Fsp3) is 0.333. The van der Waals surface area contributed by atoms with Gasteiger partial charge in [-0.2, -0.15) is 9.30 Å². The molecular weight excluding hydrogens is 457 g/mol. The highest BCUT2D eigenvalue weighted by Crippen LogP contribution is 2.20. The summed E-state index contributed by atoms with van der Waals surface area (Å²) in [5.74, 6) is -0.941. The number of fused-ring (bicyclic) bond motifs is 1. The van der Waals surface area contributed by atoms with Crippen LogP contribution in [0.5, 0.6) is 0 Å². The van der Waals surface area contributed by atoms with Gasteiger partial charge in [0.25, 0.3) is 5.91 Å². The van der Waals surface area contributed by atoms with Crippen molar-refractivity contribution in [2.24, 2.45) is 12.0 Å². The van der Waals surface area contributed by atoms with Gasteiger partial charge in [0.15, 0.2) is 4.80 Å². The van der Waals surface area contributed by atoms with Gasteiger partial charge >= 0.3 is 0 Å². The predicted octanol–water partition coefficient (Wildman–Crippen LogP) is 2.40. The molecule has 0 aliphatic rings. The van der Waals surface area contributed by atoms with Gasteiger partial charge in [-0.25, -0.2) is 12.8 Å². The van der Waals surface area contributed by atoms with Crippen molar-refractivity contribution >= 4 is 37.5 Å². The molecule has 1 heterocycles. The number of hydrogen-bond donors (Lipinski definition) is 0. The van der Waals surface area contributed by atoms with E-state index in [1.165, 1.54) is 64.8 Å². The highest BCUT2D eigenvalue weighted by atomic mass is 32.2. The number of aromatic nitrogens is 1. The van der Waals surface area contributed by atoms with Crippen molar-refractivity contribution in [3.63, 3.8) is 0 Å². The van der Waals surface area contributed by atoms with Crippen LogP contribution in [0.3, 0.4) is 0 Å². The van der Waals surface area contributed by atoms with Crippen LogP contribution in [0.1, 0.15) is 10.4 Å². The minimum absolute atomic E-state index is 0.0516. The van der Waals surface area contributed by atoms with E-state index < -0.39 is 21.7 Å². The van der Waals surface area contributed by atoms with Crippen LogP contribution in [0.25, 0.3) is 10.2 Å². The number of thiazole rings is 1. The molecule has 0 bridgehead atoms. The highest BCUT2D eigenvalue weighted by molar-refractivity contribution is 7.89. The minimum Gasteiger partial charge on any atom is -0.383 e. The van der Waals surface area contributed by atoms with E-state index in [0.717, 1.165) is 0 Å². The number of aryl methyl sites for hydroxylation is 1. The Morgan fingerprint density at radius 3 is 2.28 bits per heavy atom. The Morgan fingerprint density at radius 2 is 1.72 bits per heavy atom. The van der Waals surface area contributed by atoms with Crippen LogP contribution in [-0.4, -0.2) is 63.7 Å². The number of benzene rings is 2. The average Bonchev–Trinajstić information content (AvgIpc) is 3.10. The Labute approximate surface area is 189 Å². The van der Waals surface area contributed by atoms with Gasteiger partial charge in [-0.1, -0.05) is 17.4 Å². The molecule has 0 saturated heterocycles. The fourth-order valence-electron chi connectivity index (χ4n) is 3.07.